The largest absolute Gasteiger partial charge is 0.468 e. The van der Waals surface area contributed by atoms with Crippen LogP contribution in [-0.2, 0) is 32.2 Å². The molecule has 11 heteroatoms. The van der Waals surface area contributed by atoms with Crippen LogP contribution in [0.1, 0.15) is 29.5 Å². The molecule has 180 valence electrons. The van der Waals surface area contributed by atoms with E-state index in [1.54, 1.807) is 18.2 Å². The van der Waals surface area contributed by atoms with Gasteiger partial charge in [-0.05, 0) is 54.7 Å². The second-order valence-corrected chi connectivity index (χ2v) is 9.82. The molecular formula is C23H20F3NO6S. The van der Waals surface area contributed by atoms with Crippen LogP contribution in [-0.4, -0.2) is 38.4 Å². The lowest BCUT2D eigenvalue weighted by atomic mass is 10.0. The number of carbonyl (C=O) groups excluding carboxylic acids is 1. The van der Waals surface area contributed by atoms with Crippen LogP contribution in [0.15, 0.2) is 62.6 Å². The minimum atomic E-state index is -4.72. The molecule has 3 aromatic rings. The maximum absolute atomic E-state index is 13.4. The van der Waals surface area contributed by atoms with E-state index < -0.39 is 39.4 Å². The Balaban J connectivity index is 1.60. The zero-order valence-corrected chi connectivity index (χ0v) is 18.8. The Hall–Kier alpha value is -3.18. The topological polar surface area (TPSA) is 93.9 Å². The summed E-state index contributed by atoms with van der Waals surface area (Å²) in [5, 5.41) is -0.230. The van der Waals surface area contributed by atoms with Crippen LogP contribution in [0.5, 0.6) is 0 Å². The zero-order valence-electron chi connectivity index (χ0n) is 18.0. The van der Waals surface area contributed by atoms with Crippen molar-refractivity contribution in [3.63, 3.8) is 0 Å². The van der Waals surface area contributed by atoms with E-state index in [-0.39, 0.29) is 28.8 Å². The second kappa shape index (κ2) is 8.88. The van der Waals surface area contributed by atoms with Crippen LogP contribution < -0.4 is 5.63 Å². The van der Waals surface area contributed by atoms with Gasteiger partial charge in [-0.15, -0.1) is 0 Å². The summed E-state index contributed by atoms with van der Waals surface area (Å²) in [6, 6.07) is 9.64. The number of halogens is 3. The highest BCUT2D eigenvalue weighted by Gasteiger charge is 2.40. The first-order valence-corrected chi connectivity index (χ1v) is 11.8. The number of ether oxygens (including phenoxy) is 1. The Labute approximate surface area is 192 Å². The number of esters is 1. The standard InChI is InChI=1S/C23H20F3NO6S/c1-32-22(29)19-3-2-10-27(19)34(30,31)16-7-4-14(5-8-16)11-15-6-9-20-17(12-15)18(23(24,25)26)13-21(28)33-20/h4-9,12-13,19H,2-3,10-11H2,1H3/t19-/m0/s1. The smallest absolute Gasteiger partial charge is 0.417 e. The third-order valence-electron chi connectivity index (χ3n) is 5.73. The molecule has 1 saturated heterocycles. The van der Waals surface area contributed by atoms with Gasteiger partial charge in [-0.1, -0.05) is 18.2 Å². The number of sulfonamides is 1. The number of rotatable bonds is 5. The number of alkyl halides is 3. The first kappa shape index (κ1) is 24.0. The van der Waals surface area contributed by atoms with E-state index in [0.717, 1.165) is 4.31 Å². The van der Waals surface area contributed by atoms with Crippen LogP contribution in [0.4, 0.5) is 13.2 Å². The Morgan fingerprint density at radius 3 is 2.44 bits per heavy atom. The fourth-order valence-electron chi connectivity index (χ4n) is 4.10. The summed E-state index contributed by atoms with van der Waals surface area (Å²) in [6.45, 7) is 0.207. The van der Waals surface area contributed by atoms with Crippen molar-refractivity contribution in [1.82, 2.24) is 4.31 Å². The van der Waals surface area contributed by atoms with Crippen molar-refractivity contribution in [2.45, 2.75) is 36.4 Å². The highest BCUT2D eigenvalue weighted by atomic mass is 32.2. The molecule has 1 aromatic heterocycles. The van der Waals surface area contributed by atoms with Crippen LogP contribution in [0, 0.1) is 0 Å². The van der Waals surface area contributed by atoms with E-state index in [1.165, 1.54) is 31.4 Å². The second-order valence-electron chi connectivity index (χ2n) is 7.93. The van der Waals surface area contributed by atoms with Gasteiger partial charge in [0.15, 0.2) is 0 Å². The SMILES string of the molecule is COC(=O)[C@@H]1CCCN1S(=O)(=O)c1ccc(Cc2ccc3oc(=O)cc(C(F)(F)F)c3c2)cc1. The molecule has 0 spiro atoms. The number of fused-ring (bicyclic) bond motifs is 1. The van der Waals surface area contributed by atoms with Crippen molar-refractivity contribution in [3.05, 3.63) is 75.6 Å². The number of carbonyl (C=O) groups is 1. The first-order valence-electron chi connectivity index (χ1n) is 10.3. The van der Waals surface area contributed by atoms with Gasteiger partial charge in [-0.3, -0.25) is 4.79 Å². The van der Waals surface area contributed by atoms with E-state index >= 15 is 0 Å². The van der Waals surface area contributed by atoms with Gasteiger partial charge < -0.3 is 9.15 Å². The average Bonchev–Trinajstić information content (AvgIpc) is 3.29. The van der Waals surface area contributed by atoms with Crippen LogP contribution in [0.2, 0.25) is 0 Å². The number of benzene rings is 2. The lowest BCUT2D eigenvalue weighted by Crippen LogP contribution is -2.41. The fraction of sp³-hybridized carbons (Fsp3) is 0.304. The van der Waals surface area contributed by atoms with Crippen molar-refractivity contribution in [3.8, 4) is 0 Å². The molecule has 1 aliphatic rings. The van der Waals surface area contributed by atoms with E-state index in [2.05, 4.69) is 0 Å². The number of hydrogen-bond acceptors (Lipinski definition) is 6. The van der Waals surface area contributed by atoms with Crippen LogP contribution >= 0.6 is 0 Å². The van der Waals surface area contributed by atoms with Crippen molar-refractivity contribution in [2.75, 3.05) is 13.7 Å². The van der Waals surface area contributed by atoms with Gasteiger partial charge in [0, 0.05) is 18.0 Å². The van der Waals surface area contributed by atoms with Crippen LogP contribution in [0.25, 0.3) is 11.0 Å². The molecule has 0 unspecified atom stereocenters. The summed E-state index contributed by atoms with van der Waals surface area (Å²) in [4.78, 5) is 23.4. The molecule has 1 aliphatic heterocycles. The van der Waals surface area contributed by atoms with E-state index in [4.69, 9.17) is 9.15 Å². The Morgan fingerprint density at radius 1 is 1.12 bits per heavy atom. The van der Waals surface area contributed by atoms with Crippen molar-refractivity contribution in [2.24, 2.45) is 0 Å². The number of methoxy groups -OCH3 is 1. The summed E-state index contributed by atoms with van der Waals surface area (Å²) in [5.74, 6) is -0.608. The highest BCUT2D eigenvalue weighted by molar-refractivity contribution is 7.89. The average molecular weight is 495 g/mol. The van der Waals surface area contributed by atoms with Crippen molar-refractivity contribution >= 4 is 27.0 Å². The Kier molecular flexibility index (Phi) is 6.26. The van der Waals surface area contributed by atoms with Gasteiger partial charge in [-0.25, -0.2) is 13.2 Å². The molecule has 0 amide bonds. The summed E-state index contributed by atoms with van der Waals surface area (Å²) >= 11 is 0. The van der Waals surface area contributed by atoms with Gasteiger partial charge in [0.2, 0.25) is 10.0 Å². The molecule has 0 bridgehead atoms. The van der Waals surface area contributed by atoms with Gasteiger partial charge in [-0.2, -0.15) is 17.5 Å². The predicted molar refractivity (Wildman–Crippen MR) is 116 cm³/mol. The zero-order chi connectivity index (χ0) is 24.7. The monoisotopic (exact) mass is 495 g/mol. The maximum Gasteiger partial charge on any atom is 0.417 e. The number of hydrogen-bond donors (Lipinski definition) is 0. The number of nitrogens with zero attached hydrogens (tertiary/aromatic N) is 1. The summed E-state index contributed by atoms with van der Waals surface area (Å²) < 4.78 is 76.9. The molecule has 0 aliphatic carbocycles. The molecule has 4 rings (SSSR count). The third-order valence-corrected chi connectivity index (χ3v) is 7.65. The molecule has 34 heavy (non-hydrogen) atoms. The molecule has 0 N–H and O–H groups in total. The van der Waals surface area contributed by atoms with Crippen molar-refractivity contribution in [1.29, 1.82) is 0 Å². The summed E-state index contributed by atoms with van der Waals surface area (Å²) in [6.07, 6.45) is -3.58. The van der Waals surface area contributed by atoms with Gasteiger partial charge >= 0.3 is 17.8 Å². The van der Waals surface area contributed by atoms with Gasteiger partial charge in [0.05, 0.1) is 17.6 Å². The summed E-state index contributed by atoms with van der Waals surface area (Å²) in [5.41, 5.74) is -1.15. The predicted octanol–water partition coefficient (Wildman–Crippen LogP) is 3.73. The molecule has 1 atom stereocenters. The molecule has 0 saturated carbocycles. The third kappa shape index (κ3) is 4.58. The Bertz CT molecular complexity index is 1400. The quantitative estimate of drug-likeness (QED) is 0.396. The highest BCUT2D eigenvalue weighted by Crippen LogP contribution is 2.34. The maximum atomic E-state index is 13.4. The lowest BCUT2D eigenvalue weighted by molar-refractivity contribution is -0.144. The minimum Gasteiger partial charge on any atom is -0.468 e. The fourth-order valence-corrected chi connectivity index (χ4v) is 5.75. The van der Waals surface area contributed by atoms with Crippen molar-refractivity contribution < 1.29 is 35.5 Å². The van der Waals surface area contributed by atoms with E-state index in [0.29, 0.717) is 30.0 Å². The van der Waals surface area contributed by atoms with E-state index in [9.17, 15) is 31.2 Å². The molecular weight excluding hydrogens is 475 g/mol. The van der Waals surface area contributed by atoms with Crippen LogP contribution in [0.3, 0.4) is 0 Å². The van der Waals surface area contributed by atoms with Gasteiger partial charge in [0.25, 0.3) is 0 Å². The molecule has 2 heterocycles. The lowest BCUT2D eigenvalue weighted by Gasteiger charge is -2.22. The minimum absolute atomic E-state index is 0.00620. The Morgan fingerprint density at radius 2 is 1.79 bits per heavy atom. The first-order chi connectivity index (χ1) is 16.0. The van der Waals surface area contributed by atoms with E-state index in [1.807, 2.05) is 0 Å². The molecule has 7 nitrogen and oxygen atoms in total. The molecule has 0 radical (unpaired) electrons. The summed E-state index contributed by atoms with van der Waals surface area (Å²) in [7, 11) is -2.72. The molecule has 2 aromatic carbocycles. The van der Waals surface area contributed by atoms with Gasteiger partial charge in [0.1, 0.15) is 11.6 Å². The molecule has 1 fully saturated rings. The normalized spacial score (nSPS) is 17.2.